The van der Waals surface area contributed by atoms with E-state index in [0.717, 1.165) is 47.6 Å². The number of hydrogen-bond donors (Lipinski definition) is 1. The third kappa shape index (κ3) is 3.42. The molecule has 2 heterocycles. The number of hydrogen-bond acceptors (Lipinski definition) is 4. The Labute approximate surface area is 180 Å². The Bertz CT molecular complexity index is 1100. The Hall–Kier alpha value is -2.63. The minimum absolute atomic E-state index is 0.0663. The van der Waals surface area contributed by atoms with Gasteiger partial charge < -0.3 is 9.84 Å². The Morgan fingerprint density at radius 2 is 1.93 bits per heavy atom. The van der Waals surface area contributed by atoms with E-state index in [2.05, 4.69) is 11.1 Å². The zero-order chi connectivity index (χ0) is 20.7. The number of nitrogens with zero attached hydrogens (tertiary/aromatic N) is 2. The molecule has 154 valence electrons. The van der Waals surface area contributed by atoms with Gasteiger partial charge in [0.05, 0.1) is 17.7 Å². The summed E-state index contributed by atoms with van der Waals surface area (Å²) in [5, 5.41) is 12.9. The molecule has 1 amide bonds. The van der Waals surface area contributed by atoms with Crippen molar-refractivity contribution in [1.82, 2.24) is 9.88 Å². The van der Waals surface area contributed by atoms with Crippen molar-refractivity contribution in [3.8, 4) is 5.75 Å². The molecule has 5 rings (SSSR count). The molecule has 0 bridgehead atoms. The second-order valence-electron chi connectivity index (χ2n) is 8.09. The van der Waals surface area contributed by atoms with E-state index in [4.69, 9.17) is 16.3 Å². The number of amides is 1. The summed E-state index contributed by atoms with van der Waals surface area (Å²) >= 11 is 5.93. The summed E-state index contributed by atoms with van der Waals surface area (Å²) in [5.74, 6) is 0.568. The molecule has 2 atom stereocenters. The molecule has 0 saturated heterocycles. The van der Waals surface area contributed by atoms with Crippen molar-refractivity contribution in [3.63, 3.8) is 0 Å². The van der Waals surface area contributed by atoms with Gasteiger partial charge >= 0.3 is 0 Å². The molecular formula is C24H23ClN2O3. The molecule has 0 unspecified atom stereocenters. The first-order valence-corrected chi connectivity index (χ1v) is 10.8. The summed E-state index contributed by atoms with van der Waals surface area (Å²) in [6.07, 6.45) is 5.46. The van der Waals surface area contributed by atoms with Crippen LogP contribution < -0.4 is 4.74 Å². The average Bonchev–Trinajstić information content (AvgIpc) is 2.77. The predicted octanol–water partition coefficient (Wildman–Crippen LogP) is 4.57. The SMILES string of the molecule is O=C1c2cc(Cc3ccc(Cl)nc3)c3ccccc3c2OCN1[C@H]1CCCC[C@@H]1O. The van der Waals surface area contributed by atoms with Crippen LogP contribution in [0.15, 0.2) is 48.7 Å². The quantitative estimate of drug-likeness (QED) is 0.628. The maximum absolute atomic E-state index is 13.5. The van der Waals surface area contributed by atoms with Gasteiger partial charge in [-0.15, -0.1) is 0 Å². The Kier molecular flexibility index (Phi) is 5.09. The maximum Gasteiger partial charge on any atom is 0.260 e. The molecule has 1 aliphatic carbocycles. The summed E-state index contributed by atoms with van der Waals surface area (Å²) in [5.41, 5.74) is 2.62. The highest BCUT2D eigenvalue weighted by Gasteiger charge is 2.37. The monoisotopic (exact) mass is 422 g/mol. The van der Waals surface area contributed by atoms with Crippen molar-refractivity contribution in [2.75, 3.05) is 6.73 Å². The number of aliphatic hydroxyl groups excluding tert-OH is 1. The van der Waals surface area contributed by atoms with Gasteiger partial charge in [0.2, 0.25) is 0 Å². The van der Waals surface area contributed by atoms with Gasteiger partial charge in [-0.2, -0.15) is 0 Å². The molecule has 2 aliphatic rings. The lowest BCUT2D eigenvalue weighted by molar-refractivity contribution is -0.0120. The third-order valence-electron chi connectivity index (χ3n) is 6.20. The highest BCUT2D eigenvalue weighted by Crippen LogP contribution is 2.38. The highest BCUT2D eigenvalue weighted by molar-refractivity contribution is 6.29. The van der Waals surface area contributed by atoms with Gasteiger partial charge in [-0.3, -0.25) is 9.69 Å². The number of carbonyl (C=O) groups excluding carboxylic acids is 1. The van der Waals surface area contributed by atoms with Crippen LogP contribution in [-0.4, -0.2) is 39.8 Å². The number of fused-ring (bicyclic) bond motifs is 3. The molecule has 1 saturated carbocycles. The molecule has 1 fully saturated rings. The summed E-state index contributed by atoms with van der Waals surface area (Å²) < 4.78 is 6.11. The minimum Gasteiger partial charge on any atom is -0.472 e. The number of aliphatic hydroxyl groups is 1. The van der Waals surface area contributed by atoms with Gasteiger partial charge in [-0.25, -0.2) is 4.98 Å². The van der Waals surface area contributed by atoms with Crippen LogP contribution in [0.25, 0.3) is 10.8 Å². The number of ether oxygens (including phenoxy) is 1. The van der Waals surface area contributed by atoms with E-state index in [0.29, 0.717) is 22.9 Å². The summed E-state index contributed by atoms with van der Waals surface area (Å²) in [7, 11) is 0. The van der Waals surface area contributed by atoms with Crippen LogP contribution in [0, 0.1) is 0 Å². The number of halogens is 1. The van der Waals surface area contributed by atoms with E-state index in [9.17, 15) is 9.90 Å². The third-order valence-corrected chi connectivity index (χ3v) is 6.42. The molecular weight excluding hydrogens is 400 g/mol. The molecule has 5 nitrogen and oxygen atoms in total. The molecule has 3 aromatic rings. The lowest BCUT2D eigenvalue weighted by atomic mass is 9.90. The fourth-order valence-corrected chi connectivity index (χ4v) is 4.78. The van der Waals surface area contributed by atoms with Crippen molar-refractivity contribution in [1.29, 1.82) is 0 Å². The topological polar surface area (TPSA) is 62.7 Å². The van der Waals surface area contributed by atoms with Crippen molar-refractivity contribution < 1.29 is 14.6 Å². The van der Waals surface area contributed by atoms with Gasteiger partial charge in [0.25, 0.3) is 5.91 Å². The molecule has 30 heavy (non-hydrogen) atoms. The second kappa shape index (κ2) is 7.89. The van der Waals surface area contributed by atoms with E-state index < -0.39 is 6.10 Å². The molecule has 1 aliphatic heterocycles. The summed E-state index contributed by atoms with van der Waals surface area (Å²) in [6.45, 7) is 0.179. The predicted molar refractivity (Wildman–Crippen MR) is 116 cm³/mol. The fraction of sp³-hybridized carbons (Fsp3) is 0.333. The van der Waals surface area contributed by atoms with Crippen LogP contribution in [0.5, 0.6) is 5.75 Å². The van der Waals surface area contributed by atoms with Gasteiger partial charge in [0.1, 0.15) is 10.9 Å². The first kappa shape index (κ1) is 19.3. The standard InChI is InChI=1S/C24H23ClN2O3/c25-22-10-9-15(13-26-22)11-16-12-19-23(18-6-2-1-5-17(16)18)30-14-27(24(19)29)20-7-3-4-8-21(20)28/h1-2,5-6,9-10,12-13,20-21,28H,3-4,7-8,11,14H2/t20-,21-/m0/s1. The summed E-state index contributed by atoms with van der Waals surface area (Å²) in [4.78, 5) is 19.3. The number of aromatic nitrogens is 1. The summed E-state index contributed by atoms with van der Waals surface area (Å²) in [6, 6.07) is 13.5. The lowest BCUT2D eigenvalue weighted by Gasteiger charge is -2.40. The number of benzene rings is 2. The van der Waals surface area contributed by atoms with Crippen LogP contribution in [0.4, 0.5) is 0 Å². The highest BCUT2D eigenvalue weighted by atomic mass is 35.5. The van der Waals surface area contributed by atoms with Crippen LogP contribution in [0.1, 0.15) is 47.2 Å². The lowest BCUT2D eigenvalue weighted by Crippen LogP contribution is -2.51. The number of rotatable bonds is 3. The molecule has 1 aromatic heterocycles. The Balaban J connectivity index is 1.57. The van der Waals surface area contributed by atoms with Crippen molar-refractivity contribution in [3.05, 3.63) is 70.5 Å². The fourth-order valence-electron chi connectivity index (χ4n) is 4.66. The van der Waals surface area contributed by atoms with Gasteiger partial charge in [-0.1, -0.05) is 54.8 Å². The van der Waals surface area contributed by atoms with E-state index >= 15 is 0 Å². The van der Waals surface area contributed by atoms with Crippen LogP contribution in [0.3, 0.4) is 0 Å². The molecule has 0 spiro atoms. The van der Waals surface area contributed by atoms with Crippen LogP contribution >= 0.6 is 11.6 Å². The first-order valence-electron chi connectivity index (χ1n) is 10.4. The van der Waals surface area contributed by atoms with Crippen molar-refractivity contribution >= 4 is 28.3 Å². The van der Waals surface area contributed by atoms with E-state index in [-0.39, 0.29) is 18.7 Å². The molecule has 6 heteroatoms. The van der Waals surface area contributed by atoms with Crippen LogP contribution in [-0.2, 0) is 6.42 Å². The number of pyridine rings is 1. The maximum atomic E-state index is 13.5. The Morgan fingerprint density at radius 1 is 1.13 bits per heavy atom. The molecule has 2 aromatic carbocycles. The van der Waals surface area contributed by atoms with E-state index in [1.165, 1.54) is 0 Å². The average molecular weight is 423 g/mol. The van der Waals surface area contributed by atoms with E-state index in [1.54, 1.807) is 17.2 Å². The van der Waals surface area contributed by atoms with Gasteiger partial charge in [-0.05, 0) is 47.9 Å². The molecule has 1 N–H and O–H groups in total. The van der Waals surface area contributed by atoms with Crippen LogP contribution in [0.2, 0.25) is 5.15 Å². The molecule has 0 radical (unpaired) electrons. The van der Waals surface area contributed by atoms with Gasteiger partial charge in [0, 0.05) is 11.6 Å². The van der Waals surface area contributed by atoms with E-state index in [1.807, 2.05) is 30.3 Å². The normalized spacial score (nSPS) is 21.4. The van der Waals surface area contributed by atoms with Crippen molar-refractivity contribution in [2.45, 2.75) is 44.2 Å². The second-order valence-corrected chi connectivity index (χ2v) is 8.48. The smallest absolute Gasteiger partial charge is 0.260 e. The number of carbonyl (C=O) groups is 1. The minimum atomic E-state index is -0.493. The van der Waals surface area contributed by atoms with Gasteiger partial charge in [0.15, 0.2) is 6.73 Å². The first-order chi connectivity index (χ1) is 14.6. The zero-order valence-electron chi connectivity index (χ0n) is 16.6. The largest absolute Gasteiger partial charge is 0.472 e. The zero-order valence-corrected chi connectivity index (χ0v) is 17.3. The van der Waals surface area contributed by atoms with Crippen molar-refractivity contribution in [2.24, 2.45) is 0 Å². The Morgan fingerprint density at radius 3 is 2.70 bits per heavy atom.